The zero-order valence-corrected chi connectivity index (χ0v) is 17.8. The monoisotopic (exact) mass is 436 g/mol. The number of nitrogens with zero attached hydrogens (tertiary/aromatic N) is 3. The zero-order chi connectivity index (χ0) is 20.3. The second-order valence-corrected chi connectivity index (χ2v) is 9.07. The fourth-order valence-corrected chi connectivity index (χ4v) is 5.30. The Hall–Kier alpha value is -2.81. The van der Waals surface area contributed by atoms with Crippen LogP contribution in [0.1, 0.15) is 15.2 Å². The first-order valence-electron chi connectivity index (χ1n) is 9.78. The van der Waals surface area contributed by atoms with Crippen LogP contribution in [0, 0.1) is 0 Å². The molecule has 1 N–H and O–H groups in total. The van der Waals surface area contributed by atoms with E-state index in [0.29, 0.717) is 11.4 Å². The van der Waals surface area contributed by atoms with Gasteiger partial charge < -0.3 is 15.0 Å². The van der Waals surface area contributed by atoms with Gasteiger partial charge >= 0.3 is 0 Å². The summed E-state index contributed by atoms with van der Waals surface area (Å²) in [5.41, 5.74) is 2.02. The number of fused-ring (bicyclic) bond motifs is 1. The molecule has 1 aromatic carbocycles. The largest absolute Gasteiger partial charge is 0.378 e. The van der Waals surface area contributed by atoms with Gasteiger partial charge in [0.2, 0.25) is 0 Å². The number of thiazole rings is 1. The minimum Gasteiger partial charge on any atom is -0.378 e. The van der Waals surface area contributed by atoms with E-state index in [4.69, 9.17) is 4.74 Å². The molecule has 0 radical (unpaired) electrons. The van der Waals surface area contributed by atoms with Crippen molar-refractivity contribution in [2.45, 2.75) is 6.54 Å². The van der Waals surface area contributed by atoms with Crippen molar-refractivity contribution in [3.63, 3.8) is 0 Å². The summed E-state index contributed by atoms with van der Waals surface area (Å²) in [5, 5.41) is 3.97. The number of amides is 1. The Kier molecular flexibility index (Phi) is 5.44. The first-order valence-corrected chi connectivity index (χ1v) is 11.4. The highest BCUT2D eigenvalue weighted by molar-refractivity contribution is 7.26. The standard InChI is InChI=1S/C22H20N4O2S2/c27-21(24-14-15-7-8-23-20(13-15)26-9-11-28-12-10-26)18-5-6-19(29-18)22-25-16-3-1-2-4-17(16)30-22/h1-8,13H,9-12,14H2,(H,24,27). The van der Waals surface area contributed by atoms with Crippen molar-refractivity contribution < 1.29 is 9.53 Å². The van der Waals surface area contributed by atoms with E-state index in [1.165, 1.54) is 11.3 Å². The number of hydrogen-bond donors (Lipinski definition) is 1. The van der Waals surface area contributed by atoms with Crippen LogP contribution < -0.4 is 10.2 Å². The lowest BCUT2D eigenvalue weighted by molar-refractivity contribution is 0.0955. The molecule has 0 saturated carbocycles. The van der Waals surface area contributed by atoms with Crippen molar-refractivity contribution in [3.05, 3.63) is 65.2 Å². The van der Waals surface area contributed by atoms with Crippen molar-refractivity contribution in [2.75, 3.05) is 31.2 Å². The second-order valence-electron chi connectivity index (χ2n) is 6.96. The smallest absolute Gasteiger partial charge is 0.261 e. The third-order valence-electron chi connectivity index (χ3n) is 4.93. The summed E-state index contributed by atoms with van der Waals surface area (Å²) in [4.78, 5) is 25.7. The number of pyridine rings is 1. The first-order chi connectivity index (χ1) is 14.8. The van der Waals surface area contributed by atoms with Crippen LogP contribution in [0.3, 0.4) is 0 Å². The van der Waals surface area contributed by atoms with Gasteiger partial charge in [0.05, 0.1) is 33.2 Å². The lowest BCUT2D eigenvalue weighted by Gasteiger charge is -2.28. The van der Waals surface area contributed by atoms with Crippen LogP contribution in [0.4, 0.5) is 5.82 Å². The molecule has 0 aliphatic carbocycles. The number of ether oxygens (including phenoxy) is 1. The van der Waals surface area contributed by atoms with Crippen molar-refractivity contribution >= 4 is 44.6 Å². The van der Waals surface area contributed by atoms with E-state index < -0.39 is 0 Å². The van der Waals surface area contributed by atoms with Crippen LogP contribution in [0.15, 0.2) is 54.7 Å². The number of nitrogens with one attached hydrogen (secondary N) is 1. The number of para-hydroxylation sites is 1. The normalized spacial score (nSPS) is 14.2. The van der Waals surface area contributed by atoms with Gasteiger partial charge in [0, 0.05) is 25.8 Å². The first kappa shape index (κ1) is 19.2. The number of aromatic nitrogens is 2. The number of carbonyl (C=O) groups is 1. The Morgan fingerprint density at radius 2 is 1.97 bits per heavy atom. The van der Waals surface area contributed by atoms with Gasteiger partial charge in [-0.1, -0.05) is 12.1 Å². The Morgan fingerprint density at radius 3 is 2.83 bits per heavy atom. The Morgan fingerprint density at radius 1 is 1.10 bits per heavy atom. The second kappa shape index (κ2) is 8.51. The molecule has 4 heterocycles. The minimum absolute atomic E-state index is 0.0721. The average Bonchev–Trinajstić information content (AvgIpc) is 3.45. The van der Waals surface area contributed by atoms with Crippen molar-refractivity contribution in [2.24, 2.45) is 0 Å². The topological polar surface area (TPSA) is 67.4 Å². The van der Waals surface area contributed by atoms with Gasteiger partial charge in [-0.2, -0.15) is 0 Å². The van der Waals surface area contributed by atoms with Gasteiger partial charge in [0.15, 0.2) is 0 Å². The maximum Gasteiger partial charge on any atom is 0.261 e. The van der Waals surface area contributed by atoms with Crippen LogP contribution in [0.25, 0.3) is 20.1 Å². The average molecular weight is 437 g/mol. The van der Waals surface area contributed by atoms with E-state index in [2.05, 4.69) is 26.3 Å². The van der Waals surface area contributed by atoms with Gasteiger partial charge in [-0.25, -0.2) is 9.97 Å². The Balaban J connectivity index is 1.25. The molecule has 0 spiro atoms. The van der Waals surface area contributed by atoms with Gasteiger partial charge in [0.1, 0.15) is 10.8 Å². The molecule has 152 valence electrons. The van der Waals surface area contributed by atoms with E-state index >= 15 is 0 Å². The van der Waals surface area contributed by atoms with Crippen LogP contribution in [0.2, 0.25) is 0 Å². The molecular formula is C22H20N4O2S2. The van der Waals surface area contributed by atoms with Gasteiger partial charge in [-0.3, -0.25) is 4.79 Å². The molecule has 5 rings (SSSR count). The molecule has 1 fully saturated rings. The van der Waals surface area contributed by atoms with E-state index in [1.807, 2.05) is 42.5 Å². The summed E-state index contributed by atoms with van der Waals surface area (Å²) in [5.74, 6) is 0.858. The van der Waals surface area contributed by atoms with Crippen molar-refractivity contribution in [1.29, 1.82) is 0 Å². The number of benzene rings is 1. The van der Waals surface area contributed by atoms with Crippen LogP contribution in [-0.2, 0) is 11.3 Å². The number of rotatable bonds is 5. The third-order valence-corrected chi connectivity index (χ3v) is 7.22. The molecule has 1 aliphatic rings. The lowest BCUT2D eigenvalue weighted by Crippen LogP contribution is -2.36. The molecule has 0 unspecified atom stereocenters. The van der Waals surface area contributed by atoms with E-state index in [9.17, 15) is 4.79 Å². The summed E-state index contributed by atoms with van der Waals surface area (Å²) in [6, 6.07) is 15.9. The molecule has 1 aliphatic heterocycles. The lowest BCUT2D eigenvalue weighted by atomic mass is 10.2. The third kappa shape index (κ3) is 4.07. The van der Waals surface area contributed by atoms with E-state index in [0.717, 1.165) is 57.8 Å². The van der Waals surface area contributed by atoms with Crippen LogP contribution >= 0.6 is 22.7 Å². The summed E-state index contributed by atoms with van der Waals surface area (Å²) in [6.07, 6.45) is 1.79. The molecule has 8 heteroatoms. The molecular weight excluding hydrogens is 416 g/mol. The highest BCUT2D eigenvalue weighted by atomic mass is 32.1. The molecule has 30 heavy (non-hydrogen) atoms. The van der Waals surface area contributed by atoms with E-state index in [-0.39, 0.29) is 5.91 Å². The summed E-state index contributed by atoms with van der Waals surface area (Å²) in [7, 11) is 0. The molecule has 1 amide bonds. The van der Waals surface area contributed by atoms with Gasteiger partial charge in [-0.15, -0.1) is 22.7 Å². The molecule has 0 bridgehead atoms. The maximum absolute atomic E-state index is 12.7. The SMILES string of the molecule is O=C(NCc1ccnc(N2CCOCC2)c1)c1ccc(-c2nc3ccccc3s2)s1. The number of hydrogen-bond acceptors (Lipinski definition) is 7. The van der Waals surface area contributed by atoms with Crippen molar-refractivity contribution in [1.82, 2.24) is 15.3 Å². The summed E-state index contributed by atoms with van der Waals surface area (Å²) < 4.78 is 6.55. The van der Waals surface area contributed by atoms with Crippen LogP contribution in [-0.4, -0.2) is 42.2 Å². The number of anilines is 1. The summed E-state index contributed by atoms with van der Waals surface area (Å²) in [6.45, 7) is 3.59. The van der Waals surface area contributed by atoms with Crippen molar-refractivity contribution in [3.8, 4) is 9.88 Å². The highest BCUT2D eigenvalue weighted by Gasteiger charge is 2.15. The maximum atomic E-state index is 12.7. The number of morpholine rings is 1. The Labute approximate surface area is 182 Å². The molecule has 0 atom stereocenters. The van der Waals surface area contributed by atoms with Gasteiger partial charge in [0.25, 0.3) is 5.91 Å². The van der Waals surface area contributed by atoms with Gasteiger partial charge in [-0.05, 0) is 42.0 Å². The predicted octanol–water partition coefficient (Wildman–Crippen LogP) is 4.19. The fraction of sp³-hybridized carbons (Fsp3) is 0.227. The molecule has 1 saturated heterocycles. The molecule has 4 aromatic rings. The molecule has 3 aromatic heterocycles. The summed E-state index contributed by atoms with van der Waals surface area (Å²) >= 11 is 3.12. The number of thiophene rings is 1. The number of carbonyl (C=O) groups excluding carboxylic acids is 1. The van der Waals surface area contributed by atoms with E-state index in [1.54, 1.807) is 17.5 Å². The molecule has 6 nitrogen and oxygen atoms in total. The van der Waals surface area contributed by atoms with Crippen LogP contribution in [0.5, 0.6) is 0 Å². The Bertz CT molecular complexity index is 1150. The predicted molar refractivity (Wildman–Crippen MR) is 121 cm³/mol. The minimum atomic E-state index is -0.0721. The highest BCUT2D eigenvalue weighted by Crippen LogP contribution is 2.34. The zero-order valence-electron chi connectivity index (χ0n) is 16.2. The fourth-order valence-electron chi connectivity index (χ4n) is 3.36. The quantitative estimate of drug-likeness (QED) is 0.508.